The van der Waals surface area contributed by atoms with Crippen molar-refractivity contribution in [1.82, 2.24) is 14.8 Å². The number of aromatic nitrogens is 3. The molecule has 1 saturated carbocycles. The van der Waals surface area contributed by atoms with Crippen molar-refractivity contribution in [2.24, 2.45) is 0 Å². The highest BCUT2D eigenvalue weighted by molar-refractivity contribution is 8.00. The number of thioether (sulfide) groups is 1. The van der Waals surface area contributed by atoms with Crippen LogP contribution in [0.2, 0.25) is 0 Å². The maximum Gasteiger partial charge on any atom is 0.250 e. The Morgan fingerprint density at radius 1 is 1.12 bits per heavy atom. The average molecular weight is 462 g/mol. The van der Waals surface area contributed by atoms with Gasteiger partial charge in [-0.2, -0.15) is 0 Å². The molecule has 1 fully saturated rings. The summed E-state index contributed by atoms with van der Waals surface area (Å²) >= 11 is 1.40. The van der Waals surface area contributed by atoms with Crippen molar-refractivity contribution in [3.05, 3.63) is 66.0 Å². The van der Waals surface area contributed by atoms with E-state index >= 15 is 0 Å². The predicted molar refractivity (Wildman–Crippen MR) is 129 cm³/mol. The van der Waals surface area contributed by atoms with Crippen LogP contribution in [0, 0.1) is 0 Å². The Morgan fingerprint density at radius 3 is 2.55 bits per heavy atom. The number of carbonyl (C=O) groups is 2. The number of amides is 2. The Kier molecular flexibility index (Phi) is 5.48. The van der Waals surface area contributed by atoms with Crippen molar-refractivity contribution in [2.75, 3.05) is 10.2 Å². The zero-order valence-corrected chi connectivity index (χ0v) is 19.8. The molecular weight excluding hydrogens is 434 g/mol. The number of anilines is 2. The molecule has 1 aromatic heterocycles. The summed E-state index contributed by atoms with van der Waals surface area (Å²) in [5.41, 5.74) is 1.53. The average Bonchev–Trinajstić information content (AvgIpc) is 3.57. The summed E-state index contributed by atoms with van der Waals surface area (Å²) in [5, 5.41) is 12.1. The second kappa shape index (κ2) is 8.33. The van der Waals surface area contributed by atoms with Crippen molar-refractivity contribution < 1.29 is 9.59 Å². The van der Waals surface area contributed by atoms with Crippen LogP contribution in [0.4, 0.5) is 11.4 Å². The first kappa shape index (κ1) is 21.7. The molecule has 1 atom stereocenters. The van der Waals surface area contributed by atoms with Gasteiger partial charge in [0.2, 0.25) is 11.8 Å². The minimum atomic E-state index is -1.00. The molecular formula is C25H27N5O2S. The Morgan fingerprint density at radius 2 is 1.82 bits per heavy atom. The smallest absolute Gasteiger partial charge is 0.250 e. The number of fused-ring (bicyclic) bond motifs is 1. The number of para-hydroxylation sites is 2. The van der Waals surface area contributed by atoms with Crippen LogP contribution >= 0.6 is 11.8 Å². The minimum Gasteiger partial charge on any atom is -0.322 e. The number of rotatable bonds is 6. The lowest BCUT2D eigenvalue weighted by Crippen LogP contribution is -2.60. The SMILES string of the molecule is C[C@H](Sc1nnc(C2CC2)n1Cc1ccccc1)C(=O)N1c2ccccc2NC(=O)C1(C)C. The third-order valence-corrected chi connectivity index (χ3v) is 7.30. The van der Waals surface area contributed by atoms with Crippen LogP contribution in [-0.2, 0) is 16.1 Å². The van der Waals surface area contributed by atoms with E-state index in [0.717, 1.165) is 23.8 Å². The Hall–Kier alpha value is -3.13. The zero-order valence-electron chi connectivity index (χ0n) is 19.0. The molecule has 3 aromatic rings. The summed E-state index contributed by atoms with van der Waals surface area (Å²) in [6, 6.07) is 17.6. The number of hydrogen-bond donors (Lipinski definition) is 1. The van der Waals surface area contributed by atoms with Crippen LogP contribution in [0.5, 0.6) is 0 Å². The largest absolute Gasteiger partial charge is 0.322 e. The molecule has 0 bridgehead atoms. The quantitative estimate of drug-likeness (QED) is 0.549. The zero-order chi connectivity index (χ0) is 23.2. The lowest BCUT2D eigenvalue weighted by Gasteiger charge is -2.43. The number of benzene rings is 2. The maximum absolute atomic E-state index is 13.7. The van der Waals surface area contributed by atoms with Gasteiger partial charge in [0.15, 0.2) is 5.16 Å². The molecule has 1 N–H and O–H groups in total. The highest BCUT2D eigenvalue weighted by atomic mass is 32.2. The standard InChI is InChI=1S/C25H27N5O2S/c1-16(22(31)30-20-12-8-7-11-19(20)26-23(32)25(30,2)3)33-24-28-27-21(18-13-14-18)29(24)15-17-9-5-4-6-10-17/h4-12,16,18H,13-15H2,1-3H3,(H,26,32)/t16-/m0/s1. The third-order valence-electron chi connectivity index (χ3n) is 6.23. The highest BCUT2D eigenvalue weighted by Crippen LogP contribution is 2.42. The molecule has 170 valence electrons. The van der Waals surface area contributed by atoms with E-state index in [1.54, 1.807) is 18.7 Å². The maximum atomic E-state index is 13.7. The van der Waals surface area contributed by atoms with Gasteiger partial charge in [-0.3, -0.25) is 14.5 Å². The van der Waals surface area contributed by atoms with Crippen molar-refractivity contribution in [1.29, 1.82) is 0 Å². The summed E-state index contributed by atoms with van der Waals surface area (Å²) in [4.78, 5) is 28.1. The van der Waals surface area contributed by atoms with Crippen LogP contribution in [0.3, 0.4) is 0 Å². The second-order valence-electron chi connectivity index (χ2n) is 9.15. The van der Waals surface area contributed by atoms with Gasteiger partial charge < -0.3 is 9.88 Å². The molecule has 5 rings (SSSR count). The lowest BCUT2D eigenvalue weighted by atomic mass is 9.96. The van der Waals surface area contributed by atoms with Crippen LogP contribution in [0.15, 0.2) is 59.8 Å². The molecule has 0 spiro atoms. The molecule has 0 radical (unpaired) electrons. The van der Waals surface area contributed by atoms with E-state index in [2.05, 4.69) is 32.2 Å². The van der Waals surface area contributed by atoms with Crippen molar-refractivity contribution in [2.45, 2.75) is 62.0 Å². The van der Waals surface area contributed by atoms with E-state index < -0.39 is 10.8 Å². The molecule has 7 nitrogen and oxygen atoms in total. The van der Waals surface area contributed by atoms with Crippen molar-refractivity contribution in [3.63, 3.8) is 0 Å². The van der Waals surface area contributed by atoms with Crippen molar-refractivity contribution in [3.8, 4) is 0 Å². The van der Waals surface area contributed by atoms with Crippen LogP contribution in [-0.4, -0.2) is 37.4 Å². The van der Waals surface area contributed by atoms with Crippen molar-refractivity contribution >= 4 is 35.0 Å². The number of nitrogens with zero attached hydrogens (tertiary/aromatic N) is 4. The molecule has 0 unspecified atom stereocenters. The molecule has 8 heteroatoms. The second-order valence-corrected chi connectivity index (χ2v) is 10.5. The van der Waals surface area contributed by atoms with Gasteiger partial charge in [0.1, 0.15) is 11.4 Å². The Bertz CT molecular complexity index is 1200. The molecule has 1 aliphatic heterocycles. The first-order chi connectivity index (χ1) is 15.9. The Balaban J connectivity index is 1.44. The van der Waals surface area contributed by atoms with E-state index in [1.807, 2.05) is 49.4 Å². The van der Waals surface area contributed by atoms with Crippen LogP contribution < -0.4 is 10.2 Å². The number of hydrogen-bond acceptors (Lipinski definition) is 5. The van der Waals surface area contributed by atoms with Gasteiger partial charge in [-0.05, 0) is 51.3 Å². The normalized spacial score (nSPS) is 17.9. The minimum absolute atomic E-state index is 0.130. The Labute approximate surface area is 197 Å². The highest BCUT2D eigenvalue weighted by Gasteiger charge is 2.45. The summed E-state index contributed by atoms with van der Waals surface area (Å²) in [6.45, 7) is 6.09. The fourth-order valence-electron chi connectivity index (χ4n) is 4.18. The fourth-order valence-corrected chi connectivity index (χ4v) is 5.08. The van der Waals surface area contributed by atoms with E-state index in [9.17, 15) is 9.59 Å². The molecule has 1 aliphatic carbocycles. The van der Waals surface area contributed by atoms with Gasteiger partial charge in [0.25, 0.3) is 0 Å². The first-order valence-electron chi connectivity index (χ1n) is 11.2. The van der Waals surface area contributed by atoms with E-state index in [4.69, 9.17) is 0 Å². The van der Waals surface area contributed by atoms with E-state index in [0.29, 0.717) is 23.8 Å². The molecule has 2 heterocycles. The van der Waals surface area contributed by atoms with Gasteiger partial charge in [0.05, 0.1) is 23.2 Å². The molecule has 0 saturated heterocycles. The number of carbonyl (C=O) groups excluding carboxylic acids is 2. The summed E-state index contributed by atoms with van der Waals surface area (Å²) in [6.07, 6.45) is 2.25. The van der Waals surface area contributed by atoms with Gasteiger partial charge in [-0.15, -0.1) is 10.2 Å². The van der Waals surface area contributed by atoms with Gasteiger partial charge in [0, 0.05) is 5.92 Å². The summed E-state index contributed by atoms with van der Waals surface area (Å²) in [5.74, 6) is 1.10. The molecule has 2 amide bonds. The van der Waals surface area contributed by atoms with E-state index in [-0.39, 0.29) is 11.8 Å². The summed E-state index contributed by atoms with van der Waals surface area (Å²) in [7, 11) is 0. The first-order valence-corrected chi connectivity index (χ1v) is 12.1. The third kappa shape index (κ3) is 4.04. The molecule has 33 heavy (non-hydrogen) atoms. The fraction of sp³-hybridized carbons (Fsp3) is 0.360. The van der Waals surface area contributed by atoms with Crippen LogP contribution in [0.1, 0.15) is 50.9 Å². The summed E-state index contributed by atoms with van der Waals surface area (Å²) < 4.78 is 2.14. The predicted octanol–water partition coefficient (Wildman–Crippen LogP) is 4.45. The van der Waals surface area contributed by atoms with Gasteiger partial charge in [-0.1, -0.05) is 54.2 Å². The topological polar surface area (TPSA) is 80.1 Å². The molecule has 2 aliphatic rings. The monoisotopic (exact) mass is 461 g/mol. The molecule has 2 aromatic carbocycles. The number of nitrogens with one attached hydrogen (secondary N) is 1. The van der Waals surface area contributed by atoms with Gasteiger partial charge >= 0.3 is 0 Å². The van der Waals surface area contributed by atoms with E-state index in [1.165, 1.54) is 17.3 Å². The lowest BCUT2D eigenvalue weighted by molar-refractivity contribution is -0.126. The van der Waals surface area contributed by atoms with Crippen LogP contribution in [0.25, 0.3) is 0 Å². The van der Waals surface area contributed by atoms with Gasteiger partial charge in [-0.25, -0.2) is 0 Å².